The van der Waals surface area contributed by atoms with Crippen LogP contribution < -0.4 is 15.4 Å². The van der Waals surface area contributed by atoms with Crippen molar-refractivity contribution in [2.45, 2.75) is 121 Å². The number of anilines is 2. The number of alkyl carbamates (subject to hydrolysis) is 1. The Morgan fingerprint density at radius 1 is 1.00 bits per heavy atom. The van der Waals surface area contributed by atoms with E-state index in [1.54, 1.807) is 39.5 Å². The van der Waals surface area contributed by atoms with E-state index < -0.39 is 40.5 Å². The van der Waals surface area contributed by atoms with E-state index in [1.165, 1.54) is 30.7 Å². The number of carbonyl (C=O) groups excluding carboxylic acids is 3. The Morgan fingerprint density at radius 3 is 2.24 bits per heavy atom. The molecule has 2 heterocycles. The SMILES string of the molecule is Cc1nc(NS(=O)(=O)c2ccc(NC(=O)[C@@H]3[C@H](C4CCCCC4)CCN3C(=O)C3CCC([C@@H](CF)NC(=O)OC(C)(C)C)CC3)cc2)oc1C. The number of hydrogen-bond acceptors (Lipinski definition) is 8. The highest BCUT2D eigenvalue weighted by atomic mass is 32.2. The summed E-state index contributed by atoms with van der Waals surface area (Å²) in [4.78, 5) is 46.3. The number of hydrogen-bond donors (Lipinski definition) is 3. The molecule has 2 aliphatic carbocycles. The standard InChI is InChI=1S/C36H52FN5O7S/c1-22-23(2)48-34(38-22)41-50(46,47)28-17-15-27(16-18-28)39-32(43)31-29(24-9-7-6-8-10-24)19-20-42(31)33(44)26-13-11-25(12-14-26)30(21-37)40-35(45)49-36(3,4)5/h15-18,24-26,29-31H,6-14,19-21H2,1-5H3,(H,38,41)(H,39,43)(H,40,45)/t25?,26?,29-,30+,31-/m0/s1. The van der Waals surface area contributed by atoms with Crippen LogP contribution in [0.5, 0.6) is 0 Å². The molecule has 5 rings (SSSR count). The Balaban J connectivity index is 1.25. The number of nitrogens with zero attached hydrogens (tertiary/aromatic N) is 2. The first-order valence-corrected chi connectivity index (χ1v) is 19.4. The lowest BCUT2D eigenvalue weighted by atomic mass is 9.76. The van der Waals surface area contributed by atoms with Crippen LogP contribution in [0.1, 0.15) is 96.4 Å². The third-order valence-electron chi connectivity index (χ3n) is 10.5. The third kappa shape index (κ3) is 9.15. The van der Waals surface area contributed by atoms with Gasteiger partial charge in [-0.2, -0.15) is 4.98 Å². The second-order valence-corrected chi connectivity index (χ2v) is 16.8. The number of ether oxygens (including phenoxy) is 1. The lowest BCUT2D eigenvalue weighted by Gasteiger charge is -2.37. The van der Waals surface area contributed by atoms with Gasteiger partial charge in [-0.25, -0.2) is 22.3 Å². The molecule has 3 aliphatic rings. The van der Waals surface area contributed by atoms with Gasteiger partial charge < -0.3 is 24.7 Å². The van der Waals surface area contributed by atoms with E-state index in [9.17, 15) is 27.2 Å². The molecule has 1 aromatic heterocycles. The number of nitrogens with one attached hydrogen (secondary N) is 3. The number of oxazole rings is 1. The molecule has 12 nitrogen and oxygen atoms in total. The summed E-state index contributed by atoms with van der Waals surface area (Å²) in [5.41, 5.74) is 0.313. The van der Waals surface area contributed by atoms with Crippen LogP contribution in [-0.2, 0) is 24.3 Å². The summed E-state index contributed by atoms with van der Waals surface area (Å²) in [6.07, 6.45) is 7.80. The minimum atomic E-state index is -3.98. The van der Waals surface area contributed by atoms with Crippen LogP contribution in [0.25, 0.3) is 0 Å². The van der Waals surface area contributed by atoms with E-state index in [2.05, 4.69) is 20.3 Å². The van der Waals surface area contributed by atoms with Gasteiger partial charge in [0.1, 0.15) is 24.1 Å². The van der Waals surface area contributed by atoms with Crippen molar-refractivity contribution in [1.29, 1.82) is 0 Å². The molecule has 0 bridgehead atoms. The van der Waals surface area contributed by atoms with Gasteiger partial charge in [-0.15, -0.1) is 0 Å². The average molecular weight is 718 g/mol. The van der Waals surface area contributed by atoms with Crippen molar-refractivity contribution in [2.75, 3.05) is 23.3 Å². The minimum absolute atomic E-state index is 0.0198. The van der Waals surface area contributed by atoms with E-state index in [4.69, 9.17) is 9.15 Å². The van der Waals surface area contributed by atoms with Gasteiger partial charge in [0.15, 0.2) is 0 Å². The molecule has 3 atom stereocenters. The Morgan fingerprint density at radius 2 is 1.66 bits per heavy atom. The normalized spacial score (nSPS) is 24.0. The van der Waals surface area contributed by atoms with E-state index in [0.717, 1.165) is 32.1 Å². The summed E-state index contributed by atoms with van der Waals surface area (Å²) in [5.74, 6) is 0.148. The van der Waals surface area contributed by atoms with E-state index in [1.807, 2.05) is 0 Å². The molecule has 50 heavy (non-hydrogen) atoms. The van der Waals surface area contributed by atoms with Crippen molar-refractivity contribution in [3.05, 3.63) is 35.7 Å². The van der Waals surface area contributed by atoms with Gasteiger partial charge >= 0.3 is 12.1 Å². The number of alkyl halides is 1. The second-order valence-electron chi connectivity index (χ2n) is 15.1. The van der Waals surface area contributed by atoms with Gasteiger partial charge in [0, 0.05) is 18.2 Å². The highest BCUT2D eigenvalue weighted by Crippen LogP contribution is 2.41. The Bertz CT molecular complexity index is 1590. The number of likely N-dealkylation sites (tertiary alicyclic amines) is 1. The molecular formula is C36H52FN5O7S. The highest BCUT2D eigenvalue weighted by molar-refractivity contribution is 7.92. The highest BCUT2D eigenvalue weighted by Gasteiger charge is 2.47. The number of rotatable bonds is 10. The molecular weight excluding hydrogens is 665 g/mol. The Hall–Kier alpha value is -3.68. The largest absolute Gasteiger partial charge is 0.444 e. The fourth-order valence-electron chi connectivity index (χ4n) is 7.82. The summed E-state index contributed by atoms with van der Waals surface area (Å²) in [6, 6.07) is 4.42. The summed E-state index contributed by atoms with van der Waals surface area (Å²) in [7, 11) is -3.98. The van der Waals surface area contributed by atoms with Crippen molar-refractivity contribution in [2.24, 2.45) is 23.7 Å². The molecule has 3 amide bonds. The van der Waals surface area contributed by atoms with Crippen LogP contribution in [0.3, 0.4) is 0 Å². The second kappa shape index (κ2) is 15.7. The smallest absolute Gasteiger partial charge is 0.407 e. The number of aromatic nitrogens is 1. The Labute approximate surface area is 294 Å². The van der Waals surface area contributed by atoms with Crippen molar-refractivity contribution < 1.29 is 36.3 Å². The molecule has 1 aliphatic heterocycles. The van der Waals surface area contributed by atoms with Crippen LogP contribution in [-0.4, -0.2) is 67.1 Å². The van der Waals surface area contributed by atoms with Gasteiger partial charge in [0.2, 0.25) is 11.8 Å². The molecule has 0 radical (unpaired) electrons. The molecule has 276 valence electrons. The zero-order chi connectivity index (χ0) is 36.2. The molecule has 1 saturated heterocycles. The summed E-state index contributed by atoms with van der Waals surface area (Å²) in [6.45, 7) is 8.44. The fourth-order valence-corrected chi connectivity index (χ4v) is 8.75. The first kappa shape index (κ1) is 37.6. The van der Waals surface area contributed by atoms with Gasteiger partial charge in [0.05, 0.1) is 16.6 Å². The maximum atomic E-state index is 14.1. The van der Waals surface area contributed by atoms with Crippen LogP contribution in [0.4, 0.5) is 20.9 Å². The van der Waals surface area contributed by atoms with Crippen molar-refractivity contribution in [1.82, 2.24) is 15.2 Å². The predicted molar refractivity (Wildman–Crippen MR) is 187 cm³/mol. The third-order valence-corrected chi connectivity index (χ3v) is 11.8. The predicted octanol–water partition coefficient (Wildman–Crippen LogP) is 6.50. The van der Waals surface area contributed by atoms with Gasteiger partial charge in [-0.3, -0.25) is 9.59 Å². The number of aryl methyl sites for hydroxylation is 2. The van der Waals surface area contributed by atoms with E-state index >= 15 is 0 Å². The zero-order valence-corrected chi connectivity index (χ0v) is 30.6. The van der Waals surface area contributed by atoms with Crippen molar-refractivity contribution in [3.8, 4) is 0 Å². The number of sulfonamides is 1. The molecule has 1 aromatic carbocycles. The maximum Gasteiger partial charge on any atom is 0.407 e. The van der Waals surface area contributed by atoms with Gasteiger partial charge in [-0.05, 0) is 109 Å². The van der Waals surface area contributed by atoms with Crippen LogP contribution in [0.15, 0.2) is 33.6 Å². The lowest BCUT2D eigenvalue weighted by Crippen LogP contribution is -2.50. The number of halogens is 1. The van der Waals surface area contributed by atoms with Crippen LogP contribution in [0.2, 0.25) is 0 Å². The monoisotopic (exact) mass is 717 g/mol. The summed E-state index contributed by atoms with van der Waals surface area (Å²) >= 11 is 0. The first-order valence-electron chi connectivity index (χ1n) is 17.9. The molecule has 2 saturated carbocycles. The molecule has 3 N–H and O–H groups in total. The molecule has 0 spiro atoms. The molecule has 0 unspecified atom stereocenters. The number of carbonyl (C=O) groups is 3. The number of benzene rings is 1. The fraction of sp³-hybridized carbons (Fsp3) is 0.667. The van der Waals surface area contributed by atoms with Crippen LogP contribution in [0, 0.1) is 37.5 Å². The van der Waals surface area contributed by atoms with Gasteiger partial charge in [0.25, 0.3) is 10.0 Å². The summed E-state index contributed by atoms with van der Waals surface area (Å²) in [5, 5.41) is 5.65. The summed E-state index contributed by atoms with van der Waals surface area (Å²) < 4.78 is 52.9. The minimum Gasteiger partial charge on any atom is -0.444 e. The van der Waals surface area contributed by atoms with Crippen molar-refractivity contribution >= 4 is 39.6 Å². The van der Waals surface area contributed by atoms with Crippen LogP contribution >= 0.6 is 0 Å². The lowest BCUT2D eigenvalue weighted by molar-refractivity contribution is -0.142. The Kier molecular flexibility index (Phi) is 11.8. The van der Waals surface area contributed by atoms with E-state index in [0.29, 0.717) is 55.3 Å². The van der Waals surface area contributed by atoms with Crippen molar-refractivity contribution in [3.63, 3.8) is 0 Å². The molecule has 2 aromatic rings. The van der Waals surface area contributed by atoms with Gasteiger partial charge in [-0.1, -0.05) is 32.1 Å². The molecule has 14 heteroatoms. The number of amides is 3. The van der Waals surface area contributed by atoms with E-state index in [-0.39, 0.29) is 40.5 Å². The first-order chi connectivity index (χ1) is 23.6. The zero-order valence-electron chi connectivity index (χ0n) is 29.8. The topological polar surface area (TPSA) is 160 Å². The maximum absolute atomic E-state index is 14.1. The quantitative estimate of drug-likeness (QED) is 0.251. The average Bonchev–Trinajstić information content (AvgIpc) is 3.65. The molecule has 3 fully saturated rings.